The van der Waals surface area contributed by atoms with Crippen LogP contribution in [-0.2, 0) is 9.31 Å². The van der Waals surface area contributed by atoms with E-state index in [4.69, 9.17) is 9.31 Å². The highest BCUT2D eigenvalue weighted by Crippen LogP contribution is 2.36. The minimum Gasteiger partial charge on any atom is -0.507 e. The lowest BCUT2D eigenvalue weighted by atomic mass is 9.83. The van der Waals surface area contributed by atoms with Crippen LogP contribution in [0.2, 0.25) is 0 Å². The van der Waals surface area contributed by atoms with Crippen LogP contribution in [-0.4, -0.2) is 34.2 Å². The van der Waals surface area contributed by atoms with Gasteiger partial charge in [0.1, 0.15) is 17.0 Å². The Labute approximate surface area is 113 Å². The minimum absolute atomic E-state index is 0.0384. The number of aromatic hydroxyl groups is 1. The van der Waals surface area contributed by atoms with E-state index >= 15 is 0 Å². The Morgan fingerprint density at radius 1 is 1.21 bits per heavy atom. The summed E-state index contributed by atoms with van der Waals surface area (Å²) in [5.74, 6) is -0.207. The zero-order valence-corrected chi connectivity index (χ0v) is 11.9. The second-order valence-corrected chi connectivity index (χ2v) is 5.75. The van der Waals surface area contributed by atoms with Crippen molar-refractivity contribution in [1.82, 2.24) is 4.98 Å². The summed E-state index contributed by atoms with van der Waals surface area (Å²) in [6, 6.07) is 2.91. The normalized spacial score (nSPS) is 20.6. The number of carbonyl (C=O) groups is 1. The monoisotopic (exact) mass is 263 g/mol. The fourth-order valence-electron chi connectivity index (χ4n) is 1.79. The van der Waals surface area contributed by atoms with Gasteiger partial charge in [0, 0.05) is 6.92 Å². The lowest BCUT2D eigenvalue weighted by molar-refractivity contribution is 0.00578. The summed E-state index contributed by atoms with van der Waals surface area (Å²) < 4.78 is 11.6. The van der Waals surface area contributed by atoms with Crippen LogP contribution < -0.4 is 5.59 Å². The first-order valence-electron chi connectivity index (χ1n) is 6.20. The molecule has 0 atom stereocenters. The summed E-state index contributed by atoms with van der Waals surface area (Å²) in [6.45, 7) is 9.09. The predicted molar refractivity (Wildman–Crippen MR) is 71.6 cm³/mol. The summed E-state index contributed by atoms with van der Waals surface area (Å²) in [5.41, 5.74) is -0.510. The molecule has 0 amide bonds. The number of hydrogen-bond donors (Lipinski definition) is 1. The van der Waals surface area contributed by atoms with Gasteiger partial charge in [-0.25, -0.2) is 4.98 Å². The van der Waals surface area contributed by atoms with Gasteiger partial charge in [-0.3, -0.25) is 4.79 Å². The van der Waals surface area contributed by atoms with Gasteiger partial charge in [0.25, 0.3) is 0 Å². The van der Waals surface area contributed by atoms with Crippen LogP contribution >= 0.6 is 0 Å². The summed E-state index contributed by atoms with van der Waals surface area (Å²) >= 11 is 0. The molecule has 0 aliphatic carbocycles. The lowest BCUT2D eigenvalue weighted by Crippen LogP contribution is -2.41. The second kappa shape index (κ2) is 4.32. The molecule has 0 aromatic carbocycles. The Kier molecular flexibility index (Phi) is 3.19. The molecule has 0 unspecified atom stereocenters. The third-order valence-electron chi connectivity index (χ3n) is 3.74. The van der Waals surface area contributed by atoms with E-state index in [0.717, 1.165) is 0 Å². The molecule has 1 fully saturated rings. The van der Waals surface area contributed by atoms with E-state index in [1.165, 1.54) is 19.1 Å². The molecule has 1 aromatic heterocycles. The number of Topliss-reactive ketones (excluding diaryl/α,β-unsaturated/α-hetero) is 1. The molecule has 2 heterocycles. The standard InChI is InChI=1S/C13H18BNO4/c1-8(16)9-6-7-10(17)11(15-9)14-18-12(2,3)13(4,5)19-14/h6-7,17H,1-5H3. The molecule has 5 nitrogen and oxygen atoms in total. The van der Waals surface area contributed by atoms with Gasteiger partial charge in [-0.2, -0.15) is 0 Å². The first kappa shape index (κ1) is 14.0. The van der Waals surface area contributed by atoms with Crippen molar-refractivity contribution in [3.63, 3.8) is 0 Å². The number of nitrogens with zero attached hydrogens (tertiary/aromatic N) is 1. The van der Waals surface area contributed by atoms with Crippen molar-refractivity contribution in [2.75, 3.05) is 0 Å². The smallest absolute Gasteiger partial charge is 0.507 e. The Hall–Kier alpha value is -1.40. The first-order valence-corrected chi connectivity index (χ1v) is 6.20. The van der Waals surface area contributed by atoms with E-state index in [2.05, 4.69) is 4.98 Å². The van der Waals surface area contributed by atoms with Crippen molar-refractivity contribution in [1.29, 1.82) is 0 Å². The molecule has 1 N–H and O–H groups in total. The van der Waals surface area contributed by atoms with Gasteiger partial charge in [-0.15, -0.1) is 0 Å². The maximum absolute atomic E-state index is 11.4. The zero-order valence-electron chi connectivity index (χ0n) is 11.9. The summed E-state index contributed by atoms with van der Waals surface area (Å²) in [6.07, 6.45) is 0. The molecule has 0 bridgehead atoms. The second-order valence-electron chi connectivity index (χ2n) is 5.75. The summed E-state index contributed by atoms with van der Waals surface area (Å²) in [4.78, 5) is 15.5. The highest BCUT2D eigenvalue weighted by molar-refractivity contribution is 6.62. The third kappa shape index (κ3) is 2.38. The van der Waals surface area contributed by atoms with Crippen LogP contribution in [0.5, 0.6) is 5.75 Å². The van der Waals surface area contributed by atoms with Crippen molar-refractivity contribution in [2.24, 2.45) is 0 Å². The van der Waals surface area contributed by atoms with E-state index in [9.17, 15) is 9.90 Å². The molecular formula is C13H18BNO4. The maximum atomic E-state index is 11.4. The van der Waals surface area contributed by atoms with Crippen molar-refractivity contribution in [3.8, 4) is 5.75 Å². The van der Waals surface area contributed by atoms with Gasteiger partial charge in [0.05, 0.1) is 11.2 Å². The van der Waals surface area contributed by atoms with E-state index in [1.54, 1.807) is 0 Å². The van der Waals surface area contributed by atoms with Gasteiger partial charge < -0.3 is 14.4 Å². The number of aromatic nitrogens is 1. The first-order chi connectivity index (χ1) is 8.64. The largest absolute Gasteiger partial charge is 0.518 e. The SMILES string of the molecule is CC(=O)c1ccc(O)c(B2OC(C)(C)C(C)(C)O2)n1. The summed E-state index contributed by atoms with van der Waals surface area (Å²) in [7, 11) is -0.774. The van der Waals surface area contributed by atoms with Crippen molar-refractivity contribution >= 4 is 18.5 Å². The van der Waals surface area contributed by atoms with Crippen molar-refractivity contribution in [2.45, 2.75) is 45.8 Å². The van der Waals surface area contributed by atoms with Gasteiger partial charge in [-0.1, -0.05) is 0 Å². The minimum atomic E-state index is -0.774. The Morgan fingerprint density at radius 3 is 2.21 bits per heavy atom. The number of hydrogen-bond acceptors (Lipinski definition) is 5. The number of pyridine rings is 1. The predicted octanol–water partition coefficient (Wildman–Crippen LogP) is 1.29. The van der Waals surface area contributed by atoms with E-state index in [-0.39, 0.29) is 22.8 Å². The van der Waals surface area contributed by atoms with Crippen molar-refractivity contribution in [3.05, 3.63) is 17.8 Å². The molecule has 6 heteroatoms. The molecule has 0 radical (unpaired) electrons. The Morgan fingerprint density at radius 2 is 1.74 bits per heavy atom. The molecule has 1 aliphatic heterocycles. The fourth-order valence-corrected chi connectivity index (χ4v) is 1.79. The van der Waals surface area contributed by atoms with Crippen molar-refractivity contribution < 1.29 is 19.2 Å². The topological polar surface area (TPSA) is 68.7 Å². The molecule has 0 saturated carbocycles. The molecule has 1 aromatic rings. The van der Waals surface area contributed by atoms with Gasteiger partial charge in [0.2, 0.25) is 0 Å². The van der Waals surface area contributed by atoms with Gasteiger partial charge in [0.15, 0.2) is 5.78 Å². The maximum Gasteiger partial charge on any atom is 0.518 e. The van der Waals surface area contributed by atoms with Crippen LogP contribution in [0.1, 0.15) is 45.1 Å². The fraction of sp³-hybridized carbons (Fsp3) is 0.538. The average molecular weight is 263 g/mol. The molecule has 102 valence electrons. The number of carbonyl (C=O) groups excluding carboxylic acids is 1. The molecule has 2 rings (SSSR count). The number of ketones is 1. The molecule has 19 heavy (non-hydrogen) atoms. The van der Waals surface area contributed by atoms with E-state index in [0.29, 0.717) is 0 Å². The Bertz CT molecular complexity index is 511. The molecule has 1 saturated heterocycles. The van der Waals surface area contributed by atoms with Gasteiger partial charge in [-0.05, 0) is 39.8 Å². The van der Waals surface area contributed by atoms with Crippen LogP contribution in [0.15, 0.2) is 12.1 Å². The quantitative estimate of drug-likeness (QED) is 0.643. The highest BCUT2D eigenvalue weighted by atomic mass is 16.7. The summed E-state index contributed by atoms with van der Waals surface area (Å²) in [5, 5.41) is 9.88. The van der Waals surface area contributed by atoms with E-state index in [1.807, 2.05) is 27.7 Å². The highest BCUT2D eigenvalue weighted by Gasteiger charge is 2.53. The number of rotatable bonds is 2. The van der Waals surface area contributed by atoms with Crippen LogP contribution in [0.3, 0.4) is 0 Å². The average Bonchev–Trinajstić information content (AvgIpc) is 2.48. The molecule has 1 aliphatic rings. The molecular weight excluding hydrogens is 245 g/mol. The Balaban J connectivity index is 2.39. The van der Waals surface area contributed by atoms with E-state index < -0.39 is 18.3 Å². The third-order valence-corrected chi connectivity index (χ3v) is 3.74. The van der Waals surface area contributed by atoms with Crippen LogP contribution in [0.25, 0.3) is 0 Å². The van der Waals surface area contributed by atoms with Crippen LogP contribution in [0.4, 0.5) is 0 Å². The molecule has 0 spiro atoms. The lowest BCUT2D eigenvalue weighted by Gasteiger charge is -2.32. The zero-order chi connectivity index (χ0) is 14.4. The van der Waals surface area contributed by atoms with Gasteiger partial charge >= 0.3 is 7.12 Å². The van der Waals surface area contributed by atoms with Crippen LogP contribution in [0, 0.1) is 0 Å².